The van der Waals surface area contributed by atoms with E-state index in [2.05, 4.69) is 5.32 Å². The number of amides is 2. The summed E-state index contributed by atoms with van der Waals surface area (Å²) in [5.74, 6) is 0.339. The Morgan fingerprint density at radius 3 is 2.56 bits per heavy atom. The van der Waals surface area contributed by atoms with Gasteiger partial charge in [0.25, 0.3) is 0 Å². The van der Waals surface area contributed by atoms with Gasteiger partial charge in [-0.3, -0.25) is 9.59 Å². The Morgan fingerprint density at radius 1 is 1.15 bits per heavy atom. The van der Waals surface area contributed by atoms with Crippen LogP contribution in [0.3, 0.4) is 0 Å². The van der Waals surface area contributed by atoms with Gasteiger partial charge in [0.1, 0.15) is 5.82 Å². The monoisotopic (exact) mass is 408 g/mol. The molecular weight excluding hydrogens is 387 g/mol. The average molecular weight is 409 g/mol. The van der Waals surface area contributed by atoms with Crippen LogP contribution in [0.4, 0.5) is 4.39 Å². The van der Waals surface area contributed by atoms with Gasteiger partial charge >= 0.3 is 0 Å². The van der Waals surface area contributed by atoms with Crippen LogP contribution in [0, 0.1) is 5.82 Å². The highest BCUT2D eigenvalue weighted by molar-refractivity contribution is 7.99. The molecule has 0 atom stereocenters. The van der Waals surface area contributed by atoms with Crippen molar-refractivity contribution in [3.8, 4) is 0 Å². The SMILES string of the molecule is CCN(CC(=O)NCc1ccc(F)cc1)C(=O)CSCc1cccc(Cl)c1. The van der Waals surface area contributed by atoms with E-state index in [-0.39, 0.29) is 24.2 Å². The molecule has 2 rings (SSSR count). The van der Waals surface area contributed by atoms with Gasteiger partial charge in [0.05, 0.1) is 12.3 Å². The van der Waals surface area contributed by atoms with Crippen molar-refractivity contribution in [3.63, 3.8) is 0 Å². The van der Waals surface area contributed by atoms with E-state index >= 15 is 0 Å². The van der Waals surface area contributed by atoms with Gasteiger partial charge in [0, 0.05) is 23.9 Å². The normalized spacial score (nSPS) is 10.5. The summed E-state index contributed by atoms with van der Waals surface area (Å²) in [5.41, 5.74) is 1.86. The smallest absolute Gasteiger partial charge is 0.239 e. The minimum atomic E-state index is -0.317. The first-order valence-electron chi connectivity index (χ1n) is 8.59. The maximum absolute atomic E-state index is 12.9. The lowest BCUT2D eigenvalue weighted by Gasteiger charge is -2.20. The number of rotatable bonds is 9. The molecule has 0 aliphatic rings. The number of halogens is 2. The summed E-state index contributed by atoms with van der Waals surface area (Å²) in [5, 5.41) is 3.42. The molecule has 2 aromatic carbocycles. The molecule has 0 saturated heterocycles. The molecule has 0 aliphatic heterocycles. The van der Waals surface area contributed by atoms with Crippen LogP contribution in [0.5, 0.6) is 0 Å². The van der Waals surface area contributed by atoms with E-state index in [4.69, 9.17) is 11.6 Å². The fourth-order valence-electron chi connectivity index (χ4n) is 2.38. The van der Waals surface area contributed by atoms with Gasteiger partial charge < -0.3 is 10.2 Å². The molecule has 4 nitrogen and oxygen atoms in total. The highest BCUT2D eigenvalue weighted by atomic mass is 35.5. The Bertz CT molecular complexity index is 771. The zero-order valence-electron chi connectivity index (χ0n) is 15.1. The zero-order valence-corrected chi connectivity index (χ0v) is 16.7. The number of likely N-dealkylation sites (N-methyl/N-ethyl adjacent to an activating group) is 1. The van der Waals surface area contributed by atoms with Crippen molar-refractivity contribution in [2.45, 2.75) is 19.2 Å². The van der Waals surface area contributed by atoms with Crippen molar-refractivity contribution in [3.05, 3.63) is 70.5 Å². The van der Waals surface area contributed by atoms with E-state index in [1.807, 2.05) is 31.2 Å². The van der Waals surface area contributed by atoms with E-state index in [1.165, 1.54) is 28.8 Å². The maximum Gasteiger partial charge on any atom is 0.239 e. The summed E-state index contributed by atoms with van der Waals surface area (Å²) in [6.45, 7) is 2.61. The molecule has 27 heavy (non-hydrogen) atoms. The molecule has 2 amide bonds. The second kappa shape index (κ2) is 10.9. The Balaban J connectivity index is 1.74. The fraction of sp³-hybridized carbons (Fsp3) is 0.300. The molecule has 0 heterocycles. The number of nitrogens with zero attached hydrogens (tertiary/aromatic N) is 1. The van der Waals surface area contributed by atoms with Crippen LogP contribution in [-0.2, 0) is 21.9 Å². The molecule has 0 radical (unpaired) electrons. The minimum absolute atomic E-state index is 0.00819. The molecule has 0 saturated carbocycles. The lowest BCUT2D eigenvalue weighted by molar-refractivity contribution is -0.133. The van der Waals surface area contributed by atoms with Crippen LogP contribution >= 0.6 is 23.4 Å². The first-order valence-corrected chi connectivity index (χ1v) is 10.1. The molecule has 0 bridgehead atoms. The lowest BCUT2D eigenvalue weighted by Crippen LogP contribution is -2.41. The summed E-state index contributed by atoms with van der Waals surface area (Å²) in [6, 6.07) is 13.5. The standard InChI is InChI=1S/C20H22ClFN2O2S/c1-2-24(12-19(25)23-11-15-6-8-18(22)9-7-15)20(26)14-27-13-16-4-3-5-17(21)10-16/h3-10H,2,11-14H2,1H3,(H,23,25). The van der Waals surface area contributed by atoms with Crippen molar-refractivity contribution in [2.24, 2.45) is 0 Å². The van der Waals surface area contributed by atoms with Gasteiger partial charge in [-0.05, 0) is 42.3 Å². The number of hydrogen-bond donors (Lipinski definition) is 1. The van der Waals surface area contributed by atoms with Crippen molar-refractivity contribution in [2.75, 3.05) is 18.8 Å². The molecule has 0 aliphatic carbocycles. The number of carbonyl (C=O) groups excluding carboxylic acids is 2. The van der Waals surface area contributed by atoms with Crippen LogP contribution in [0.2, 0.25) is 5.02 Å². The second-order valence-corrected chi connectivity index (χ2v) is 7.36. The number of nitrogens with one attached hydrogen (secondary N) is 1. The van der Waals surface area contributed by atoms with Crippen LogP contribution in [0.1, 0.15) is 18.1 Å². The van der Waals surface area contributed by atoms with E-state index in [9.17, 15) is 14.0 Å². The summed E-state index contributed by atoms with van der Waals surface area (Å²) in [6.07, 6.45) is 0. The largest absolute Gasteiger partial charge is 0.350 e. The van der Waals surface area contributed by atoms with E-state index in [0.29, 0.717) is 29.6 Å². The molecule has 0 fully saturated rings. The fourth-order valence-corrected chi connectivity index (χ4v) is 3.47. The Kier molecular flexibility index (Phi) is 8.61. The third-order valence-corrected chi connectivity index (χ3v) is 5.08. The predicted octanol–water partition coefficient (Wildman–Crippen LogP) is 3.88. The molecule has 7 heteroatoms. The number of benzene rings is 2. The zero-order chi connectivity index (χ0) is 19.6. The maximum atomic E-state index is 12.9. The Hall–Kier alpha value is -2.05. The van der Waals surface area contributed by atoms with Crippen LogP contribution in [0.25, 0.3) is 0 Å². The molecule has 0 spiro atoms. The minimum Gasteiger partial charge on any atom is -0.350 e. The van der Waals surface area contributed by atoms with E-state index < -0.39 is 0 Å². The molecule has 144 valence electrons. The second-order valence-electron chi connectivity index (χ2n) is 5.93. The number of carbonyl (C=O) groups is 2. The molecule has 1 N–H and O–H groups in total. The van der Waals surface area contributed by atoms with E-state index in [0.717, 1.165) is 11.1 Å². The van der Waals surface area contributed by atoms with Crippen LogP contribution in [0.15, 0.2) is 48.5 Å². The Labute approximate surface area is 168 Å². The van der Waals surface area contributed by atoms with Crippen molar-refractivity contribution >= 4 is 35.2 Å². The van der Waals surface area contributed by atoms with Crippen molar-refractivity contribution < 1.29 is 14.0 Å². The summed E-state index contributed by atoms with van der Waals surface area (Å²) in [4.78, 5) is 25.9. The lowest BCUT2D eigenvalue weighted by atomic mass is 10.2. The van der Waals surface area contributed by atoms with Gasteiger partial charge in [0.15, 0.2) is 0 Å². The molecule has 2 aromatic rings. The van der Waals surface area contributed by atoms with Crippen molar-refractivity contribution in [1.29, 1.82) is 0 Å². The highest BCUT2D eigenvalue weighted by Crippen LogP contribution is 2.17. The van der Waals surface area contributed by atoms with Gasteiger partial charge in [0.2, 0.25) is 11.8 Å². The summed E-state index contributed by atoms with van der Waals surface area (Å²) >= 11 is 7.44. The first-order chi connectivity index (χ1) is 13.0. The molecule has 0 unspecified atom stereocenters. The Morgan fingerprint density at radius 2 is 1.89 bits per heavy atom. The number of thioether (sulfide) groups is 1. The van der Waals surface area contributed by atoms with Gasteiger partial charge in [-0.1, -0.05) is 35.9 Å². The third kappa shape index (κ3) is 7.61. The molecular formula is C20H22ClFN2O2S. The highest BCUT2D eigenvalue weighted by Gasteiger charge is 2.15. The summed E-state index contributed by atoms with van der Waals surface area (Å²) in [7, 11) is 0. The topological polar surface area (TPSA) is 49.4 Å². The quantitative estimate of drug-likeness (QED) is 0.685. The predicted molar refractivity (Wildman–Crippen MR) is 108 cm³/mol. The van der Waals surface area contributed by atoms with Crippen LogP contribution < -0.4 is 5.32 Å². The van der Waals surface area contributed by atoms with Crippen LogP contribution in [-0.4, -0.2) is 35.6 Å². The molecule has 0 aromatic heterocycles. The first kappa shape index (κ1) is 21.3. The van der Waals surface area contributed by atoms with E-state index in [1.54, 1.807) is 12.1 Å². The third-order valence-electron chi connectivity index (χ3n) is 3.86. The van der Waals surface area contributed by atoms with Gasteiger partial charge in [-0.2, -0.15) is 0 Å². The average Bonchev–Trinajstić information content (AvgIpc) is 2.65. The summed E-state index contributed by atoms with van der Waals surface area (Å²) < 4.78 is 12.9. The van der Waals surface area contributed by atoms with Gasteiger partial charge in [-0.15, -0.1) is 11.8 Å². The number of hydrogen-bond acceptors (Lipinski definition) is 3. The van der Waals surface area contributed by atoms with Gasteiger partial charge in [-0.25, -0.2) is 4.39 Å². The van der Waals surface area contributed by atoms with Crippen molar-refractivity contribution in [1.82, 2.24) is 10.2 Å².